The van der Waals surface area contributed by atoms with Gasteiger partial charge in [0.2, 0.25) is 0 Å². The van der Waals surface area contributed by atoms with Crippen molar-refractivity contribution in [1.29, 1.82) is 0 Å². The molecule has 0 radical (unpaired) electrons. The summed E-state index contributed by atoms with van der Waals surface area (Å²) in [5.74, 6) is 1.86. The highest BCUT2D eigenvalue weighted by Gasteiger charge is 2.17. The molecule has 0 atom stereocenters. The number of nitrogens with zero attached hydrogens (tertiary/aromatic N) is 3. The Morgan fingerprint density at radius 1 is 1.40 bits per heavy atom. The van der Waals surface area contributed by atoms with Crippen molar-refractivity contribution in [2.75, 3.05) is 7.11 Å². The molecule has 0 bridgehead atoms. The molecule has 1 aromatic carbocycles. The maximum Gasteiger partial charge on any atom is 0.158 e. The molecule has 15 heavy (non-hydrogen) atoms. The number of benzene rings is 1. The molecule has 0 spiro atoms. The van der Waals surface area contributed by atoms with Gasteiger partial charge in [-0.25, -0.2) is 9.67 Å². The Hall–Kier alpha value is -1.84. The van der Waals surface area contributed by atoms with Gasteiger partial charge in [0.25, 0.3) is 0 Å². The second-order valence-corrected chi connectivity index (χ2v) is 3.58. The van der Waals surface area contributed by atoms with Gasteiger partial charge in [0, 0.05) is 12.1 Å². The SMILES string of the molecule is COc1ccc2c(c1)CCn1ncnc1-2. The highest BCUT2D eigenvalue weighted by Crippen LogP contribution is 2.29. The molecule has 0 saturated heterocycles. The summed E-state index contributed by atoms with van der Waals surface area (Å²) in [6.45, 7) is 0.898. The van der Waals surface area contributed by atoms with Gasteiger partial charge in [0.1, 0.15) is 12.1 Å². The molecule has 3 rings (SSSR count). The molecule has 0 N–H and O–H groups in total. The van der Waals surface area contributed by atoms with Crippen LogP contribution in [0.15, 0.2) is 24.5 Å². The van der Waals surface area contributed by atoms with Gasteiger partial charge < -0.3 is 4.74 Å². The highest BCUT2D eigenvalue weighted by atomic mass is 16.5. The minimum atomic E-state index is 0.898. The average Bonchev–Trinajstić information content (AvgIpc) is 2.76. The van der Waals surface area contributed by atoms with Crippen LogP contribution in [0.3, 0.4) is 0 Å². The fourth-order valence-electron chi connectivity index (χ4n) is 1.98. The van der Waals surface area contributed by atoms with Gasteiger partial charge >= 0.3 is 0 Å². The zero-order valence-electron chi connectivity index (χ0n) is 8.47. The molecule has 2 heterocycles. The number of methoxy groups -OCH3 is 1. The van der Waals surface area contributed by atoms with Crippen molar-refractivity contribution >= 4 is 0 Å². The molecule has 1 aliphatic rings. The minimum absolute atomic E-state index is 0.898. The molecule has 1 aliphatic heterocycles. The first kappa shape index (κ1) is 8.47. The van der Waals surface area contributed by atoms with E-state index in [1.54, 1.807) is 13.4 Å². The van der Waals surface area contributed by atoms with E-state index in [1.807, 2.05) is 16.8 Å². The standard InChI is InChI=1S/C11H11N3O/c1-15-9-2-3-10-8(6-9)4-5-14-11(10)12-7-13-14/h2-3,6-7H,4-5H2,1H3. The average molecular weight is 201 g/mol. The predicted octanol–water partition coefficient (Wildman–Crippen LogP) is 1.51. The molecular formula is C11H11N3O. The third-order valence-corrected chi connectivity index (χ3v) is 2.76. The molecule has 2 aromatic rings. The summed E-state index contributed by atoms with van der Waals surface area (Å²) in [4.78, 5) is 4.26. The van der Waals surface area contributed by atoms with Crippen LogP contribution in [0.1, 0.15) is 5.56 Å². The fraction of sp³-hybridized carbons (Fsp3) is 0.273. The van der Waals surface area contributed by atoms with E-state index < -0.39 is 0 Å². The smallest absolute Gasteiger partial charge is 0.158 e. The van der Waals surface area contributed by atoms with E-state index in [1.165, 1.54) is 11.1 Å². The van der Waals surface area contributed by atoms with E-state index >= 15 is 0 Å². The van der Waals surface area contributed by atoms with Crippen LogP contribution in [0, 0.1) is 0 Å². The summed E-state index contributed by atoms with van der Waals surface area (Å²) in [7, 11) is 1.69. The van der Waals surface area contributed by atoms with Crippen molar-refractivity contribution in [3.8, 4) is 17.1 Å². The third-order valence-electron chi connectivity index (χ3n) is 2.76. The summed E-state index contributed by atoms with van der Waals surface area (Å²) in [6.07, 6.45) is 2.59. The lowest BCUT2D eigenvalue weighted by Crippen LogP contribution is -2.12. The quantitative estimate of drug-likeness (QED) is 0.702. The van der Waals surface area contributed by atoms with Gasteiger partial charge in [-0.2, -0.15) is 5.10 Å². The normalized spacial score (nSPS) is 13.1. The molecule has 0 saturated carbocycles. The molecule has 0 aliphatic carbocycles. The van der Waals surface area contributed by atoms with Crippen LogP contribution in [-0.4, -0.2) is 21.9 Å². The molecule has 0 unspecified atom stereocenters. The molecule has 0 fully saturated rings. The topological polar surface area (TPSA) is 39.9 Å². The first-order chi connectivity index (χ1) is 7.38. The van der Waals surface area contributed by atoms with Crippen molar-refractivity contribution in [2.24, 2.45) is 0 Å². The number of aryl methyl sites for hydroxylation is 2. The molecule has 4 nitrogen and oxygen atoms in total. The zero-order valence-corrected chi connectivity index (χ0v) is 8.47. The largest absolute Gasteiger partial charge is 0.497 e. The van der Waals surface area contributed by atoms with E-state index in [0.717, 1.165) is 24.5 Å². The molecular weight excluding hydrogens is 190 g/mol. The van der Waals surface area contributed by atoms with Crippen molar-refractivity contribution in [2.45, 2.75) is 13.0 Å². The second-order valence-electron chi connectivity index (χ2n) is 3.58. The number of ether oxygens (including phenoxy) is 1. The monoisotopic (exact) mass is 201 g/mol. The number of rotatable bonds is 1. The molecule has 76 valence electrons. The Morgan fingerprint density at radius 2 is 2.33 bits per heavy atom. The van der Waals surface area contributed by atoms with Crippen LogP contribution < -0.4 is 4.74 Å². The molecule has 0 amide bonds. The van der Waals surface area contributed by atoms with Crippen molar-refractivity contribution < 1.29 is 4.74 Å². The van der Waals surface area contributed by atoms with Crippen LogP contribution in [0.4, 0.5) is 0 Å². The van der Waals surface area contributed by atoms with Crippen LogP contribution in [0.2, 0.25) is 0 Å². The summed E-state index contributed by atoms with van der Waals surface area (Å²) in [5, 5.41) is 4.17. The zero-order chi connectivity index (χ0) is 10.3. The Labute approximate surface area is 87.5 Å². The Bertz CT molecular complexity index is 504. The molecule has 4 heteroatoms. The maximum atomic E-state index is 5.21. The van der Waals surface area contributed by atoms with Gasteiger partial charge in [-0.05, 0) is 30.2 Å². The van der Waals surface area contributed by atoms with Crippen LogP contribution in [-0.2, 0) is 13.0 Å². The van der Waals surface area contributed by atoms with E-state index in [-0.39, 0.29) is 0 Å². The Balaban J connectivity index is 2.18. The lowest BCUT2D eigenvalue weighted by molar-refractivity contribution is 0.414. The number of fused-ring (bicyclic) bond motifs is 3. The first-order valence-corrected chi connectivity index (χ1v) is 4.93. The van der Waals surface area contributed by atoms with E-state index in [2.05, 4.69) is 16.1 Å². The predicted molar refractivity (Wildman–Crippen MR) is 55.7 cm³/mol. The summed E-state index contributed by atoms with van der Waals surface area (Å²) in [5.41, 5.74) is 2.45. The first-order valence-electron chi connectivity index (χ1n) is 4.93. The summed E-state index contributed by atoms with van der Waals surface area (Å²) >= 11 is 0. The van der Waals surface area contributed by atoms with Crippen molar-refractivity contribution in [1.82, 2.24) is 14.8 Å². The van der Waals surface area contributed by atoms with Crippen LogP contribution in [0.5, 0.6) is 5.75 Å². The van der Waals surface area contributed by atoms with Crippen LogP contribution >= 0.6 is 0 Å². The fourth-order valence-corrected chi connectivity index (χ4v) is 1.98. The maximum absolute atomic E-state index is 5.21. The van der Waals surface area contributed by atoms with Gasteiger partial charge in [-0.15, -0.1) is 0 Å². The van der Waals surface area contributed by atoms with Crippen LogP contribution in [0.25, 0.3) is 11.4 Å². The number of hydrogen-bond acceptors (Lipinski definition) is 3. The Kier molecular flexibility index (Phi) is 1.74. The Morgan fingerprint density at radius 3 is 3.20 bits per heavy atom. The van der Waals surface area contributed by atoms with Crippen molar-refractivity contribution in [3.63, 3.8) is 0 Å². The molecule has 1 aromatic heterocycles. The van der Waals surface area contributed by atoms with E-state index in [9.17, 15) is 0 Å². The van der Waals surface area contributed by atoms with Gasteiger partial charge in [-0.3, -0.25) is 0 Å². The lowest BCUT2D eigenvalue weighted by atomic mass is 10.0. The van der Waals surface area contributed by atoms with Gasteiger partial charge in [0.15, 0.2) is 5.82 Å². The third kappa shape index (κ3) is 1.21. The van der Waals surface area contributed by atoms with E-state index in [0.29, 0.717) is 0 Å². The summed E-state index contributed by atoms with van der Waals surface area (Å²) < 4.78 is 7.15. The number of aromatic nitrogens is 3. The minimum Gasteiger partial charge on any atom is -0.497 e. The van der Waals surface area contributed by atoms with Crippen molar-refractivity contribution in [3.05, 3.63) is 30.1 Å². The lowest BCUT2D eigenvalue weighted by Gasteiger charge is -2.17. The second kappa shape index (κ2) is 3.08. The summed E-state index contributed by atoms with van der Waals surface area (Å²) in [6, 6.07) is 6.09. The van der Waals surface area contributed by atoms with E-state index in [4.69, 9.17) is 4.74 Å². The van der Waals surface area contributed by atoms with Gasteiger partial charge in [-0.1, -0.05) is 0 Å². The highest BCUT2D eigenvalue weighted by molar-refractivity contribution is 5.63. The van der Waals surface area contributed by atoms with Gasteiger partial charge in [0.05, 0.1) is 7.11 Å². The number of hydrogen-bond donors (Lipinski definition) is 0.